The fraction of sp³-hybridized carbons (Fsp3) is 0.316. The van der Waals surface area contributed by atoms with E-state index in [-0.39, 0.29) is 24.7 Å². The third kappa shape index (κ3) is 3.49. The predicted molar refractivity (Wildman–Crippen MR) is 102 cm³/mol. The highest BCUT2D eigenvalue weighted by atomic mass is 16.3. The molecule has 2 aromatic rings. The second kappa shape index (κ2) is 6.98. The van der Waals surface area contributed by atoms with Gasteiger partial charge in [0.25, 0.3) is 11.5 Å². The highest BCUT2D eigenvalue weighted by Gasteiger charge is 2.39. The van der Waals surface area contributed by atoms with Gasteiger partial charge in [-0.15, -0.1) is 0 Å². The lowest BCUT2D eigenvalue weighted by molar-refractivity contribution is -0.133. The molecule has 0 spiro atoms. The van der Waals surface area contributed by atoms with Crippen molar-refractivity contribution in [1.29, 1.82) is 0 Å². The van der Waals surface area contributed by atoms with Gasteiger partial charge in [0.05, 0.1) is 23.6 Å². The van der Waals surface area contributed by atoms with Gasteiger partial charge in [0.1, 0.15) is 12.3 Å². The lowest BCUT2D eigenvalue weighted by Gasteiger charge is -2.25. The third-order valence-corrected chi connectivity index (χ3v) is 4.32. The van der Waals surface area contributed by atoms with Crippen LogP contribution in [0.4, 0.5) is 11.4 Å². The zero-order chi connectivity index (χ0) is 19.8. The number of hydrogen-bond acceptors (Lipinski definition) is 5. The minimum atomic E-state index is -1.58. The van der Waals surface area contributed by atoms with Gasteiger partial charge in [0, 0.05) is 12.3 Å². The Morgan fingerprint density at radius 1 is 1.15 bits per heavy atom. The largest absolute Gasteiger partial charge is 0.381 e. The molecule has 2 amide bonds. The molecule has 0 radical (unpaired) electrons. The van der Waals surface area contributed by atoms with Gasteiger partial charge in [-0.25, -0.2) is 0 Å². The van der Waals surface area contributed by atoms with Crippen molar-refractivity contribution >= 4 is 23.2 Å². The van der Waals surface area contributed by atoms with Crippen LogP contribution in [-0.4, -0.2) is 47.4 Å². The highest BCUT2D eigenvalue weighted by molar-refractivity contribution is 6.09. The molecule has 27 heavy (non-hydrogen) atoms. The number of carbonyl (C=O) groups excluding carboxylic acids is 2. The Labute approximate surface area is 156 Å². The van der Waals surface area contributed by atoms with Crippen LogP contribution in [0.25, 0.3) is 5.69 Å². The first-order valence-corrected chi connectivity index (χ1v) is 8.55. The van der Waals surface area contributed by atoms with Gasteiger partial charge in [-0.05, 0) is 45.2 Å². The van der Waals surface area contributed by atoms with Gasteiger partial charge in [0.15, 0.2) is 0 Å². The molecular formula is C19H22N4O4. The van der Waals surface area contributed by atoms with E-state index in [0.717, 1.165) is 0 Å². The van der Waals surface area contributed by atoms with Crippen LogP contribution < -0.4 is 20.7 Å². The molecule has 0 fully saturated rings. The van der Waals surface area contributed by atoms with E-state index in [0.29, 0.717) is 17.1 Å². The van der Waals surface area contributed by atoms with Crippen LogP contribution in [0.1, 0.15) is 13.8 Å². The number of nitrogens with one attached hydrogen (secondary N) is 1. The summed E-state index contributed by atoms with van der Waals surface area (Å²) in [5, 5.41) is 12.9. The maximum atomic E-state index is 12.6. The fourth-order valence-corrected chi connectivity index (χ4v) is 3.00. The summed E-state index contributed by atoms with van der Waals surface area (Å²) in [5.74, 6) is -0.726. The maximum absolute atomic E-state index is 12.6. The van der Waals surface area contributed by atoms with Crippen LogP contribution in [0, 0.1) is 0 Å². The quantitative estimate of drug-likeness (QED) is 0.816. The molecule has 0 bridgehead atoms. The summed E-state index contributed by atoms with van der Waals surface area (Å²) in [7, 11) is 1.66. The summed E-state index contributed by atoms with van der Waals surface area (Å²) >= 11 is 0. The number of benzene rings is 1. The predicted octanol–water partition coefficient (Wildman–Crippen LogP) is 0.465. The SMILES string of the molecule is CNCC(=O)N1CN(C(=O)C(C)(C)O)c2ccc(-n3ccccc3=O)cc21. The number of carbonyl (C=O) groups is 2. The number of amides is 2. The van der Waals surface area contributed by atoms with Crippen molar-refractivity contribution in [3.63, 3.8) is 0 Å². The molecule has 0 saturated carbocycles. The molecule has 8 nitrogen and oxygen atoms in total. The summed E-state index contributed by atoms with van der Waals surface area (Å²) in [6, 6.07) is 9.92. The Balaban J connectivity index is 2.10. The van der Waals surface area contributed by atoms with Crippen molar-refractivity contribution in [2.24, 2.45) is 0 Å². The van der Waals surface area contributed by atoms with E-state index in [9.17, 15) is 19.5 Å². The molecule has 0 atom stereocenters. The fourth-order valence-electron chi connectivity index (χ4n) is 3.00. The van der Waals surface area contributed by atoms with E-state index in [1.807, 2.05) is 0 Å². The number of anilines is 2. The first kappa shape index (κ1) is 18.8. The van der Waals surface area contributed by atoms with E-state index in [1.165, 1.54) is 34.3 Å². The molecule has 2 N–H and O–H groups in total. The van der Waals surface area contributed by atoms with Crippen LogP contribution in [0.3, 0.4) is 0 Å². The lowest BCUT2D eigenvalue weighted by atomic mass is 10.1. The Morgan fingerprint density at radius 3 is 2.52 bits per heavy atom. The van der Waals surface area contributed by atoms with Gasteiger partial charge >= 0.3 is 0 Å². The van der Waals surface area contributed by atoms with Crippen molar-refractivity contribution < 1.29 is 14.7 Å². The summed E-state index contributed by atoms with van der Waals surface area (Å²) in [6.07, 6.45) is 1.64. The summed E-state index contributed by atoms with van der Waals surface area (Å²) in [5.41, 5.74) is -0.165. The number of rotatable bonds is 4. The van der Waals surface area contributed by atoms with E-state index < -0.39 is 11.5 Å². The number of fused-ring (bicyclic) bond motifs is 1. The Hall–Kier alpha value is -2.97. The van der Waals surface area contributed by atoms with Gasteiger partial charge in [-0.2, -0.15) is 0 Å². The molecule has 2 heterocycles. The van der Waals surface area contributed by atoms with Crippen molar-refractivity contribution in [2.75, 3.05) is 30.1 Å². The van der Waals surface area contributed by atoms with E-state index >= 15 is 0 Å². The normalized spacial score (nSPS) is 13.6. The summed E-state index contributed by atoms with van der Waals surface area (Å²) in [6.45, 7) is 2.92. The zero-order valence-electron chi connectivity index (χ0n) is 15.5. The van der Waals surface area contributed by atoms with Crippen molar-refractivity contribution in [2.45, 2.75) is 19.4 Å². The monoisotopic (exact) mass is 370 g/mol. The van der Waals surface area contributed by atoms with E-state index in [4.69, 9.17) is 0 Å². The third-order valence-electron chi connectivity index (χ3n) is 4.32. The van der Waals surface area contributed by atoms with E-state index in [2.05, 4.69) is 5.32 Å². The summed E-state index contributed by atoms with van der Waals surface area (Å²) in [4.78, 5) is 40.1. The average Bonchev–Trinajstić information content (AvgIpc) is 2.99. The molecule has 1 aromatic heterocycles. The number of aliphatic hydroxyl groups is 1. The van der Waals surface area contributed by atoms with Gasteiger partial charge in [0.2, 0.25) is 5.91 Å². The van der Waals surface area contributed by atoms with Crippen LogP contribution in [-0.2, 0) is 9.59 Å². The maximum Gasteiger partial charge on any atom is 0.259 e. The standard InChI is InChI=1S/C19H22N4O4/c1-19(2,27)18(26)23-12-22(17(25)11-20-3)15-10-13(7-8-14(15)23)21-9-5-4-6-16(21)24/h4-10,20,27H,11-12H2,1-3H3. The Bertz CT molecular complexity index is 945. The minimum absolute atomic E-state index is 0.00577. The van der Waals surface area contributed by atoms with Crippen LogP contribution in [0.5, 0.6) is 0 Å². The van der Waals surface area contributed by atoms with Crippen molar-refractivity contribution in [3.8, 4) is 5.69 Å². The Morgan fingerprint density at radius 2 is 1.89 bits per heavy atom. The molecule has 3 rings (SSSR count). The first-order chi connectivity index (χ1) is 12.7. The van der Waals surface area contributed by atoms with Crippen LogP contribution in [0.2, 0.25) is 0 Å². The van der Waals surface area contributed by atoms with Crippen molar-refractivity contribution in [1.82, 2.24) is 9.88 Å². The molecule has 1 aromatic carbocycles. The zero-order valence-corrected chi connectivity index (χ0v) is 15.5. The van der Waals surface area contributed by atoms with Gasteiger partial charge < -0.3 is 10.4 Å². The first-order valence-electron chi connectivity index (χ1n) is 8.55. The average molecular weight is 370 g/mol. The smallest absolute Gasteiger partial charge is 0.259 e. The molecule has 1 aliphatic heterocycles. The second-order valence-electron chi connectivity index (χ2n) is 6.87. The minimum Gasteiger partial charge on any atom is -0.381 e. The molecule has 0 aliphatic carbocycles. The molecule has 142 valence electrons. The Kier molecular flexibility index (Phi) is 4.86. The number of hydrogen-bond donors (Lipinski definition) is 2. The molecule has 1 aliphatic rings. The summed E-state index contributed by atoms with van der Waals surface area (Å²) < 4.78 is 1.46. The van der Waals surface area contributed by atoms with Crippen LogP contribution in [0.15, 0.2) is 47.4 Å². The van der Waals surface area contributed by atoms with Gasteiger partial charge in [-0.1, -0.05) is 6.07 Å². The van der Waals surface area contributed by atoms with E-state index in [1.54, 1.807) is 43.6 Å². The molecule has 0 unspecified atom stereocenters. The number of pyridine rings is 1. The number of aromatic nitrogens is 1. The topological polar surface area (TPSA) is 94.9 Å². The van der Waals surface area contributed by atoms with Gasteiger partial charge in [-0.3, -0.25) is 28.8 Å². The number of likely N-dealkylation sites (N-methyl/N-ethyl adjacent to an activating group) is 1. The van der Waals surface area contributed by atoms with Crippen LogP contribution >= 0.6 is 0 Å². The highest BCUT2D eigenvalue weighted by Crippen LogP contribution is 2.38. The van der Waals surface area contributed by atoms with Crippen molar-refractivity contribution in [3.05, 3.63) is 52.9 Å². The second-order valence-corrected chi connectivity index (χ2v) is 6.87. The molecule has 8 heteroatoms. The molecule has 0 saturated heterocycles. The molecular weight excluding hydrogens is 348 g/mol. The number of nitrogens with zero attached hydrogens (tertiary/aromatic N) is 3. The lowest BCUT2D eigenvalue weighted by Crippen LogP contribution is -2.48.